The molecule has 0 saturated heterocycles. The van der Waals surface area contributed by atoms with Crippen molar-refractivity contribution < 1.29 is 9.47 Å². The summed E-state index contributed by atoms with van der Waals surface area (Å²) in [5.41, 5.74) is 2.14. The molecule has 0 spiro atoms. The van der Waals surface area contributed by atoms with Crippen molar-refractivity contribution >= 4 is 15.9 Å². The van der Waals surface area contributed by atoms with Gasteiger partial charge in [-0.15, -0.1) is 0 Å². The van der Waals surface area contributed by atoms with Crippen molar-refractivity contribution in [3.63, 3.8) is 0 Å². The van der Waals surface area contributed by atoms with Crippen LogP contribution in [0.2, 0.25) is 0 Å². The van der Waals surface area contributed by atoms with Gasteiger partial charge in [-0.25, -0.2) is 4.68 Å². The van der Waals surface area contributed by atoms with Crippen molar-refractivity contribution in [1.82, 2.24) is 9.78 Å². The largest absolute Gasteiger partial charge is 0.493 e. The van der Waals surface area contributed by atoms with Gasteiger partial charge in [-0.3, -0.25) is 4.79 Å². The Balaban J connectivity index is 2.01. The zero-order valence-corrected chi connectivity index (χ0v) is 18.5. The van der Waals surface area contributed by atoms with Gasteiger partial charge in [0.25, 0.3) is 5.56 Å². The lowest BCUT2D eigenvalue weighted by Crippen LogP contribution is -2.28. The Morgan fingerprint density at radius 2 is 1.90 bits per heavy atom. The first kappa shape index (κ1) is 21.1. The van der Waals surface area contributed by atoms with Crippen LogP contribution in [0, 0.1) is 0 Å². The second kappa shape index (κ2) is 9.74. The first-order valence-corrected chi connectivity index (χ1v) is 10.5. The van der Waals surface area contributed by atoms with E-state index in [9.17, 15) is 4.79 Å². The molecule has 6 heteroatoms. The number of halogens is 1. The maximum absolute atomic E-state index is 13.3. The predicted molar refractivity (Wildman–Crippen MR) is 119 cm³/mol. The van der Waals surface area contributed by atoms with E-state index in [1.807, 2.05) is 55.5 Å². The first-order valence-electron chi connectivity index (χ1n) is 9.70. The van der Waals surface area contributed by atoms with Gasteiger partial charge in [-0.1, -0.05) is 49.7 Å². The summed E-state index contributed by atoms with van der Waals surface area (Å²) in [4.78, 5) is 13.3. The fourth-order valence-corrected chi connectivity index (χ4v) is 3.62. The average molecular weight is 457 g/mol. The summed E-state index contributed by atoms with van der Waals surface area (Å²) >= 11 is 3.49. The van der Waals surface area contributed by atoms with Crippen LogP contribution in [0.15, 0.2) is 64.0 Å². The molecule has 29 heavy (non-hydrogen) atoms. The average Bonchev–Trinajstić information content (AvgIpc) is 2.75. The highest BCUT2D eigenvalue weighted by Gasteiger charge is 2.18. The minimum absolute atomic E-state index is 0.169. The van der Waals surface area contributed by atoms with Crippen LogP contribution in [0.3, 0.4) is 0 Å². The molecule has 152 valence electrons. The van der Waals surface area contributed by atoms with Gasteiger partial charge >= 0.3 is 0 Å². The number of unbranched alkanes of at least 4 members (excludes halogenated alkanes) is 1. The number of ether oxygens (including phenoxy) is 2. The molecule has 0 N–H and O–H groups in total. The number of methoxy groups -OCH3 is 1. The first-order chi connectivity index (χ1) is 14.1. The molecular weight excluding hydrogens is 432 g/mol. The molecule has 0 fully saturated rings. The maximum Gasteiger partial charge on any atom is 0.276 e. The summed E-state index contributed by atoms with van der Waals surface area (Å²) < 4.78 is 13.5. The number of hydrogen-bond donors (Lipinski definition) is 0. The molecule has 0 aliphatic carbocycles. The minimum atomic E-state index is -0.186. The van der Waals surface area contributed by atoms with Crippen LogP contribution in [-0.4, -0.2) is 23.5 Å². The van der Waals surface area contributed by atoms with E-state index in [1.165, 1.54) is 4.68 Å². The number of aromatic nitrogens is 2. The van der Waals surface area contributed by atoms with E-state index in [0.29, 0.717) is 28.1 Å². The van der Waals surface area contributed by atoms with Gasteiger partial charge in [0.1, 0.15) is 0 Å². The van der Waals surface area contributed by atoms with Crippen LogP contribution < -0.4 is 15.0 Å². The minimum Gasteiger partial charge on any atom is -0.493 e. The summed E-state index contributed by atoms with van der Waals surface area (Å²) in [5, 5.41) is 4.35. The standard InChI is InChI=1S/C23H25BrN2O3/c1-4-5-13-29-20-12-11-18(14-21(20)28-3)22-19(24)15-25-26(23(22)27)16(2)17-9-7-6-8-10-17/h6-12,14-16H,4-5,13H2,1-3H3. The van der Waals surface area contributed by atoms with Crippen LogP contribution in [0.1, 0.15) is 38.3 Å². The fraction of sp³-hybridized carbons (Fsp3) is 0.304. The molecule has 3 rings (SSSR count). The van der Waals surface area contributed by atoms with Crippen molar-refractivity contribution in [2.45, 2.75) is 32.7 Å². The number of hydrogen-bond acceptors (Lipinski definition) is 4. The molecule has 0 radical (unpaired) electrons. The summed E-state index contributed by atoms with van der Waals surface area (Å²) in [6.07, 6.45) is 3.70. The van der Waals surface area contributed by atoms with Gasteiger partial charge in [0, 0.05) is 0 Å². The Morgan fingerprint density at radius 3 is 2.59 bits per heavy atom. The Bertz CT molecular complexity index is 1020. The topological polar surface area (TPSA) is 53.4 Å². The summed E-state index contributed by atoms with van der Waals surface area (Å²) in [6, 6.07) is 15.2. The molecule has 1 unspecified atom stereocenters. The van der Waals surface area contributed by atoms with Gasteiger partial charge in [0.15, 0.2) is 11.5 Å². The van der Waals surface area contributed by atoms with Crippen molar-refractivity contribution in [3.05, 3.63) is 75.1 Å². The maximum atomic E-state index is 13.3. The third kappa shape index (κ3) is 4.70. The van der Waals surface area contributed by atoms with E-state index in [0.717, 1.165) is 24.0 Å². The van der Waals surface area contributed by atoms with Gasteiger partial charge in [-0.05, 0) is 52.5 Å². The molecule has 0 bridgehead atoms. The van der Waals surface area contributed by atoms with E-state index in [1.54, 1.807) is 13.3 Å². The zero-order valence-electron chi connectivity index (χ0n) is 16.9. The third-order valence-corrected chi connectivity index (χ3v) is 5.41. The monoisotopic (exact) mass is 456 g/mol. The predicted octanol–water partition coefficient (Wildman–Crippen LogP) is 5.47. The zero-order chi connectivity index (χ0) is 20.8. The van der Waals surface area contributed by atoms with Crippen LogP contribution in [0.4, 0.5) is 0 Å². The molecule has 1 heterocycles. The molecule has 1 atom stereocenters. The van der Waals surface area contributed by atoms with Crippen LogP contribution in [0.25, 0.3) is 11.1 Å². The molecule has 0 aliphatic rings. The third-order valence-electron chi connectivity index (χ3n) is 4.81. The summed E-state index contributed by atoms with van der Waals surface area (Å²) in [5.74, 6) is 1.28. The van der Waals surface area contributed by atoms with Crippen molar-refractivity contribution in [2.75, 3.05) is 13.7 Å². The van der Waals surface area contributed by atoms with Crippen molar-refractivity contribution in [2.24, 2.45) is 0 Å². The van der Waals surface area contributed by atoms with E-state index < -0.39 is 0 Å². The van der Waals surface area contributed by atoms with Crippen LogP contribution in [0.5, 0.6) is 11.5 Å². The van der Waals surface area contributed by atoms with Gasteiger partial charge in [0.2, 0.25) is 0 Å². The van der Waals surface area contributed by atoms with Crippen molar-refractivity contribution in [3.8, 4) is 22.6 Å². The Hall–Kier alpha value is -2.60. The van der Waals surface area contributed by atoms with E-state index in [-0.39, 0.29) is 11.6 Å². The van der Waals surface area contributed by atoms with Gasteiger partial charge < -0.3 is 9.47 Å². The lowest BCUT2D eigenvalue weighted by atomic mass is 10.1. The fourth-order valence-electron chi connectivity index (χ4n) is 3.13. The highest BCUT2D eigenvalue weighted by molar-refractivity contribution is 9.10. The lowest BCUT2D eigenvalue weighted by molar-refractivity contribution is 0.288. The second-order valence-electron chi connectivity index (χ2n) is 6.77. The molecule has 0 amide bonds. The Labute approximate surface area is 179 Å². The highest BCUT2D eigenvalue weighted by atomic mass is 79.9. The Kier molecular flexibility index (Phi) is 7.09. The summed E-state index contributed by atoms with van der Waals surface area (Å²) in [7, 11) is 1.60. The van der Waals surface area contributed by atoms with E-state index in [4.69, 9.17) is 9.47 Å². The van der Waals surface area contributed by atoms with Crippen molar-refractivity contribution in [1.29, 1.82) is 0 Å². The Morgan fingerprint density at radius 1 is 1.14 bits per heavy atom. The second-order valence-corrected chi connectivity index (χ2v) is 7.63. The molecule has 5 nitrogen and oxygen atoms in total. The summed E-state index contributed by atoms with van der Waals surface area (Å²) in [6.45, 7) is 4.71. The number of nitrogens with zero attached hydrogens (tertiary/aromatic N) is 2. The number of benzene rings is 2. The highest BCUT2D eigenvalue weighted by Crippen LogP contribution is 2.34. The molecule has 0 saturated carbocycles. The van der Waals surface area contributed by atoms with Gasteiger partial charge in [-0.2, -0.15) is 5.10 Å². The molecule has 2 aromatic carbocycles. The smallest absolute Gasteiger partial charge is 0.276 e. The quantitative estimate of drug-likeness (QED) is 0.421. The molecule has 0 aliphatic heterocycles. The van der Waals surface area contributed by atoms with E-state index in [2.05, 4.69) is 28.0 Å². The number of rotatable bonds is 8. The lowest BCUT2D eigenvalue weighted by Gasteiger charge is -2.17. The molecule has 3 aromatic rings. The van der Waals surface area contributed by atoms with E-state index >= 15 is 0 Å². The van der Waals surface area contributed by atoms with Crippen LogP contribution >= 0.6 is 15.9 Å². The molecule has 1 aromatic heterocycles. The van der Waals surface area contributed by atoms with Gasteiger partial charge in [0.05, 0.1) is 36.0 Å². The van der Waals surface area contributed by atoms with Crippen LogP contribution in [-0.2, 0) is 0 Å². The normalized spacial score (nSPS) is 11.9. The molecular formula is C23H25BrN2O3. The SMILES string of the molecule is CCCCOc1ccc(-c2c(Br)cnn(C(C)c3ccccc3)c2=O)cc1OC.